The summed E-state index contributed by atoms with van der Waals surface area (Å²) in [4.78, 5) is 0. The lowest BCUT2D eigenvalue weighted by atomic mass is 10.2. The molecule has 16 heavy (non-hydrogen) atoms. The molecule has 2 nitrogen and oxygen atoms in total. The molecule has 0 spiro atoms. The van der Waals surface area contributed by atoms with Gasteiger partial charge in [0.25, 0.3) is 0 Å². The molecular weight excluding hydrogens is 218 g/mol. The predicted octanol–water partition coefficient (Wildman–Crippen LogP) is 2.82. The molecule has 1 saturated carbocycles. The summed E-state index contributed by atoms with van der Waals surface area (Å²) in [6.07, 6.45) is 7.15. The van der Waals surface area contributed by atoms with Crippen molar-refractivity contribution in [2.75, 3.05) is 13.2 Å². The summed E-state index contributed by atoms with van der Waals surface area (Å²) in [5, 5.41) is 5.29. The second-order valence-corrected chi connectivity index (χ2v) is 6.55. The van der Waals surface area contributed by atoms with Gasteiger partial charge in [0, 0.05) is 23.1 Å². The predicted molar refractivity (Wildman–Crippen MR) is 71.1 cm³/mol. The Labute approximate surface area is 104 Å². The van der Waals surface area contributed by atoms with Crippen LogP contribution in [0.3, 0.4) is 0 Å². The molecule has 94 valence electrons. The molecule has 1 N–H and O–H groups in total. The monoisotopic (exact) mass is 243 g/mol. The average Bonchev–Trinajstić information content (AvgIpc) is 2.87. The minimum absolute atomic E-state index is 0.470. The van der Waals surface area contributed by atoms with E-state index in [4.69, 9.17) is 4.74 Å². The summed E-state index contributed by atoms with van der Waals surface area (Å²) in [5.74, 6) is 0. The van der Waals surface area contributed by atoms with Crippen molar-refractivity contribution >= 4 is 11.8 Å². The Hall–Kier alpha value is 0.270. The van der Waals surface area contributed by atoms with Gasteiger partial charge in [-0.1, -0.05) is 13.3 Å². The van der Waals surface area contributed by atoms with Crippen molar-refractivity contribution in [1.82, 2.24) is 5.32 Å². The van der Waals surface area contributed by atoms with Crippen molar-refractivity contribution in [2.45, 2.75) is 68.6 Å². The van der Waals surface area contributed by atoms with E-state index in [-0.39, 0.29) is 0 Å². The molecule has 4 unspecified atom stereocenters. The minimum atomic E-state index is 0.470. The molecule has 0 bridgehead atoms. The summed E-state index contributed by atoms with van der Waals surface area (Å²) in [5.41, 5.74) is 0. The maximum absolute atomic E-state index is 5.65. The van der Waals surface area contributed by atoms with Crippen molar-refractivity contribution in [3.05, 3.63) is 0 Å². The Bertz CT molecular complexity index is 212. The molecule has 1 aliphatic heterocycles. The highest BCUT2D eigenvalue weighted by atomic mass is 32.2. The van der Waals surface area contributed by atoms with Crippen LogP contribution < -0.4 is 5.32 Å². The number of thioether (sulfide) groups is 1. The molecule has 2 rings (SSSR count). The van der Waals surface area contributed by atoms with E-state index >= 15 is 0 Å². The van der Waals surface area contributed by atoms with Crippen LogP contribution in [0.5, 0.6) is 0 Å². The third-order valence-corrected chi connectivity index (χ3v) is 5.65. The number of hydrogen-bond donors (Lipinski definition) is 1. The van der Waals surface area contributed by atoms with E-state index < -0.39 is 0 Å². The molecule has 2 aliphatic rings. The first-order valence-corrected chi connectivity index (χ1v) is 7.76. The fourth-order valence-corrected chi connectivity index (χ4v) is 4.47. The SMILES string of the molecule is CCCNC1CCCC1SC1CCOC1C. The zero-order valence-electron chi connectivity index (χ0n) is 10.6. The Kier molecular flexibility index (Phi) is 4.98. The van der Waals surface area contributed by atoms with E-state index in [2.05, 4.69) is 30.9 Å². The quantitative estimate of drug-likeness (QED) is 0.802. The summed E-state index contributed by atoms with van der Waals surface area (Å²) in [7, 11) is 0. The molecule has 1 saturated heterocycles. The number of rotatable bonds is 5. The van der Waals surface area contributed by atoms with Crippen LogP contribution >= 0.6 is 11.8 Å². The van der Waals surface area contributed by atoms with Gasteiger partial charge in [0.05, 0.1) is 6.10 Å². The van der Waals surface area contributed by atoms with Crippen molar-refractivity contribution in [3.8, 4) is 0 Å². The van der Waals surface area contributed by atoms with Crippen LogP contribution in [0.25, 0.3) is 0 Å². The maximum Gasteiger partial charge on any atom is 0.0666 e. The Morgan fingerprint density at radius 3 is 2.81 bits per heavy atom. The highest BCUT2D eigenvalue weighted by Gasteiger charge is 2.33. The zero-order chi connectivity index (χ0) is 11.4. The molecule has 0 aromatic heterocycles. The lowest BCUT2D eigenvalue weighted by Crippen LogP contribution is -2.36. The third kappa shape index (κ3) is 3.14. The van der Waals surface area contributed by atoms with Gasteiger partial charge in [0.1, 0.15) is 0 Å². The molecular formula is C13H25NOS. The van der Waals surface area contributed by atoms with Crippen LogP contribution in [0.1, 0.15) is 46.0 Å². The van der Waals surface area contributed by atoms with Gasteiger partial charge in [0.15, 0.2) is 0 Å². The summed E-state index contributed by atoms with van der Waals surface area (Å²) in [6.45, 7) is 6.63. The smallest absolute Gasteiger partial charge is 0.0666 e. The zero-order valence-corrected chi connectivity index (χ0v) is 11.4. The van der Waals surface area contributed by atoms with Gasteiger partial charge in [-0.3, -0.25) is 0 Å². The topological polar surface area (TPSA) is 21.3 Å². The largest absolute Gasteiger partial charge is 0.377 e. The van der Waals surface area contributed by atoms with Crippen LogP contribution in [0, 0.1) is 0 Å². The molecule has 0 aromatic rings. The Morgan fingerprint density at radius 1 is 1.25 bits per heavy atom. The van der Waals surface area contributed by atoms with Gasteiger partial charge in [0.2, 0.25) is 0 Å². The van der Waals surface area contributed by atoms with Crippen LogP contribution in [-0.4, -0.2) is 35.8 Å². The van der Waals surface area contributed by atoms with E-state index in [1.54, 1.807) is 0 Å². The van der Waals surface area contributed by atoms with Gasteiger partial charge in [-0.2, -0.15) is 11.8 Å². The maximum atomic E-state index is 5.65. The summed E-state index contributed by atoms with van der Waals surface area (Å²) in [6, 6.07) is 0.762. The minimum Gasteiger partial charge on any atom is -0.377 e. The van der Waals surface area contributed by atoms with Gasteiger partial charge >= 0.3 is 0 Å². The first-order chi connectivity index (χ1) is 7.81. The standard InChI is InChI=1S/C13H25NOS/c1-3-8-14-11-5-4-6-13(11)16-12-7-9-15-10(12)2/h10-14H,3-9H2,1-2H3. The fourth-order valence-electron chi connectivity index (χ4n) is 2.77. The number of nitrogens with one attached hydrogen (secondary N) is 1. The van der Waals surface area contributed by atoms with Crippen molar-refractivity contribution in [2.24, 2.45) is 0 Å². The van der Waals surface area contributed by atoms with E-state index in [9.17, 15) is 0 Å². The highest BCUT2D eigenvalue weighted by molar-refractivity contribution is 8.00. The Balaban J connectivity index is 1.78. The third-order valence-electron chi connectivity index (χ3n) is 3.77. The highest BCUT2D eigenvalue weighted by Crippen LogP contribution is 2.37. The number of hydrogen-bond acceptors (Lipinski definition) is 3. The lowest BCUT2D eigenvalue weighted by molar-refractivity contribution is 0.127. The summed E-state index contributed by atoms with van der Waals surface area (Å²) >= 11 is 2.19. The van der Waals surface area contributed by atoms with Crippen LogP contribution in [-0.2, 0) is 4.74 Å². The lowest BCUT2D eigenvalue weighted by Gasteiger charge is -2.24. The molecule has 2 fully saturated rings. The van der Waals surface area contributed by atoms with Crippen LogP contribution in [0.15, 0.2) is 0 Å². The van der Waals surface area contributed by atoms with Crippen molar-refractivity contribution in [1.29, 1.82) is 0 Å². The molecule has 4 atom stereocenters. The second-order valence-electron chi connectivity index (χ2n) is 5.07. The number of ether oxygens (including phenoxy) is 1. The van der Waals surface area contributed by atoms with Crippen molar-refractivity contribution in [3.63, 3.8) is 0 Å². The summed E-state index contributed by atoms with van der Waals surface area (Å²) < 4.78 is 5.65. The molecule has 0 radical (unpaired) electrons. The van der Waals surface area contributed by atoms with E-state index in [1.807, 2.05) is 0 Å². The second kappa shape index (κ2) is 6.27. The van der Waals surface area contributed by atoms with Gasteiger partial charge in [-0.15, -0.1) is 0 Å². The molecule has 0 amide bonds. The van der Waals surface area contributed by atoms with Gasteiger partial charge in [-0.05, 0) is 39.2 Å². The molecule has 1 aliphatic carbocycles. The first-order valence-electron chi connectivity index (χ1n) is 6.81. The van der Waals surface area contributed by atoms with E-state index in [1.165, 1.54) is 38.6 Å². The van der Waals surface area contributed by atoms with Crippen LogP contribution in [0.2, 0.25) is 0 Å². The van der Waals surface area contributed by atoms with Gasteiger partial charge in [-0.25, -0.2) is 0 Å². The first kappa shape index (κ1) is 12.7. The Morgan fingerprint density at radius 2 is 2.12 bits per heavy atom. The van der Waals surface area contributed by atoms with Crippen LogP contribution in [0.4, 0.5) is 0 Å². The average molecular weight is 243 g/mol. The molecule has 0 aromatic carbocycles. The fraction of sp³-hybridized carbons (Fsp3) is 1.00. The van der Waals surface area contributed by atoms with Crippen molar-refractivity contribution < 1.29 is 4.74 Å². The molecule has 1 heterocycles. The molecule has 3 heteroatoms. The van der Waals surface area contributed by atoms with E-state index in [0.717, 1.165) is 23.1 Å². The van der Waals surface area contributed by atoms with E-state index in [0.29, 0.717) is 6.10 Å². The van der Waals surface area contributed by atoms with Gasteiger partial charge < -0.3 is 10.1 Å². The normalized spacial score (nSPS) is 39.4.